The highest BCUT2D eigenvalue weighted by Crippen LogP contribution is 2.30. The van der Waals surface area contributed by atoms with E-state index in [1.807, 2.05) is 0 Å². The Morgan fingerprint density at radius 3 is 2.65 bits per heavy atom. The van der Waals surface area contributed by atoms with Gasteiger partial charge in [-0.3, -0.25) is 23.7 Å². The van der Waals surface area contributed by atoms with Crippen LogP contribution in [0.5, 0.6) is 5.75 Å². The maximum absolute atomic E-state index is 13.8. The van der Waals surface area contributed by atoms with E-state index in [2.05, 4.69) is 10.3 Å². The molecule has 0 aliphatic carbocycles. The molecular formula is C24H27FN4O5. The monoisotopic (exact) mass is 470 g/mol. The lowest BCUT2D eigenvalue weighted by molar-refractivity contribution is -0.132. The number of Topliss-reactive ketones (excluding diaryl/α,β-unsaturated/α-hetero) is 1. The molecule has 34 heavy (non-hydrogen) atoms. The third kappa shape index (κ3) is 4.71. The first-order valence-electron chi connectivity index (χ1n) is 11.5. The molecule has 2 bridgehead atoms. The Balaban J connectivity index is 1.79. The molecule has 180 valence electrons. The first-order chi connectivity index (χ1) is 16.3. The van der Waals surface area contributed by atoms with Gasteiger partial charge in [0.05, 0.1) is 6.04 Å². The van der Waals surface area contributed by atoms with Crippen molar-refractivity contribution < 1.29 is 23.9 Å². The molecule has 0 fully saturated rings. The van der Waals surface area contributed by atoms with Crippen LogP contribution < -0.4 is 10.9 Å². The van der Waals surface area contributed by atoms with Gasteiger partial charge in [-0.1, -0.05) is 6.07 Å². The molecule has 2 N–H and O–H groups in total. The van der Waals surface area contributed by atoms with Crippen LogP contribution >= 0.6 is 0 Å². The van der Waals surface area contributed by atoms with Gasteiger partial charge < -0.3 is 15.3 Å². The Labute approximate surface area is 195 Å². The van der Waals surface area contributed by atoms with Gasteiger partial charge in [0.2, 0.25) is 17.6 Å². The Kier molecular flexibility index (Phi) is 6.76. The molecule has 3 heterocycles. The molecule has 10 heteroatoms. The smallest absolute Gasteiger partial charge is 0.296 e. The van der Waals surface area contributed by atoms with E-state index in [0.717, 1.165) is 6.42 Å². The van der Waals surface area contributed by atoms with Crippen LogP contribution in [0.4, 0.5) is 10.1 Å². The van der Waals surface area contributed by atoms with Crippen molar-refractivity contribution in [3.05, 3.63) is 51.5 Å². The second-order valence-electron chi connectivity index (χ2n) is 8.77. The van der Waals surface area contributed by atoms with Gasteiger partial charge in [0.25, 0.3) is 5.56 Å². The molecule has 2 amide bonds. The fraction of sp³-hybridized carbons (Fsp3) is 0.458. The average molecular weight is 471 g/mol. The summed E-state index contributed by atoms with van der Waals surface area (Å²) in [6.45, 7) is 0.334. The molecule has 1 unspecified atom stereocenters. The van der Waals surface area contributed by atoms with E-state index in [9.17, 15) is 28.7 Å². The molecule has 1 atom stereocenters. The van der Waals surface area contributed by atoms with Gasteiger partial charge in [0.15, 0.2) is 11.5 Å². The van der Waals surface area contributed by atoms with E-state index in [1.54, 1.807) is 7.05 Å². The molecular weight excluding hydrogens is 443 g/mol. The van der Waals surface area contributed by atoms with E-state index in [-0.39, 0.29) is 54.7 Å². The lowest BCUT2D eigenvalue weighted by atomic mass is 10.0. The standard InChI is InChI=1S/C24H27FN4O5/c1-28-17-5-2-3-12-29-23(17)27-21(22(33)24(29)34)18(30)11-9-14-8-10-15(25)13-16(14)26-19(31)6-4-7-20(28)32/h8,10,13,17,33H,2-7,9,11-12H2,1H3,(H,26,31). The zero-order valence-electron chi connectivity index (χ0n) is 19.0. The van der Waals surface area contributed by atoms with Crippen molar-refractivity contribution in [1.82, 2.24) is 14.5 Å². The van der Waals surface area contributed by atoms with Crippen molar-refractivity contribution in [2.75, 3.05) is 12.4 Å². The van der Waals surface area contributed by atoms with Crippen molar-refractivity contribution in [1.29, 1.82) is 0 Å². The largest absolute Gasteiger partial charge is 0.501 e. The Bertz CT molecular complexity index is 1210. The number of aromatic hydroxyl groups is 1. The molecule has 4 rings (SSSR count). The first kappa shape index (κ1) is 23.6. The summed E-state index contributed by atoms with van der Waals surface area (Å²) in [5.41, 5.74) is -0.247. The zero-order chi connectivity index (χ0) is 24.4. The topological polar surface area (TPSA) is 122 Å². The van der Waals surface area contributed by atoms with Crippen LogP contribution in [-0.2, 0) is 22.6 Å². The fourth-order valence-corrected chi connectivity index (χ4v) is 4.54. The van der Waals surface area contributed by atoms with E-state index in [4.69, 9.17) is 0 Å². The van der Waals surface area contributed by atoms with Crippen LogP contribution in [0.25, 0.3) is 0 Å². The van der Waals surface area contributed by atoms with E-state index >= 15 is 0 Å². The maximum Gasteiger partial charge on any atom is 0.296 e. The van der Waals surface area contributed by atoms with Gasteiger partial charge in [0, 0.05) is 38.5 Å². The summed E-state index contributed by atoms with van der Waals surface area (Å²) < 4.78 is 15.2. The number of fused-ring (bicyclic) bond motifs is 2. The van der Waals surface area contributed by atoms with Crippen LogP contribution in [0.3, 0.4) is 0 Å². The number of ketones is 1. The molecule has 0 radical (unpaired) electrons. The number of amides is 2. The van der Waals surface area contributed by atoms with Crippen LogP contribution in [-0.4, -0.2) is 44.2 Å². The van der Waals surface area contributed by atoms with Crippen molar-refractivity contribution in [2.24, 2.45) is 0 Å². The molecule has 1 aromatic heterocycles. The van der Waals surface area contributed by atoms with Gasteiger partial charge >= 0.3 is 0 Å². The third-order valence-electron chi connectivity index (χ3n) is 6.47. The molecule has 0 spiro atoms. The predicted octanol–water partition coefficient (Wildman–Crippen LogP) is 2.71. The number of rotatable bonds is 0. The van der Waals surface area contributed by atoms with Crippen molar-refractivity contribution in [2.45, 2.75) is 64.0 Å². The van der Waals surface area contributed by atoms with Crippen LogP contribution in [0.1, 0.15) is 72.9 Å². The number of nitrogens with one attached hydrogen (secondary N) is 1. The summed E-state index contributed by atoms with van der Waals surface area (Å²) >= 11 is 0. The highest BCUT2D eigenvalue weighted by Gasteiger charge is 2.31. The average Bonchev–Trinajstić information content (AvgIpc) is 3.02. The summed E-state index contributed by atoms with van der Waals surface area (Å²) in [4.78, 5) is 57.2. The Morgan fingerprint density at radius 2 is 1.85 bits per heavy atom. The lowest BCUT2D eigenvalue weighted by Gasteiger charge is -2.28. The second kappa shape index (κ2) is 9.74. The number of carbonyl (C=O) groups excluding carboxylic acids is 3. The summed E-state index contributed by atoms with van der Waals surface area (Å²) in [6.07, 6.45) is 2.49. The minimum absolute atomic E-state index is 0.0748. The zero-order valence-corrected chi connectivity index (χ0v) is 19.0. The molecule has 0 saturated heterocycles. The Morgan fingerprint density at radius 1 is 1.06 bits per heavy atom. The number of nitrogens with zero attached hydrogens (tertiary/aromatic N) is 3. The molecule has 0 saturated carbocycles. The predicted molar refractivity (Wildman–Crippen MR) is 121 cm³/mol. The number of aromatic nitrogens is 2. The summed E-state index contributed by atoms with van der Waals surface area (Å²) in [6, 6.07) is 3.36. The minimum Gasteiger partial charge on any atom is -0.501 e. The number of benzene rings is 1. The number of carbonyl (C=O) groups is 3. The van der Waals surface area contributed by atoms with Crippen molar-refractivity contribution in [3.63, 3.8) is 0 Å². The van der Waals surface area contributed by atoms with Gasteiger partial charge in [-0.25, -0.2) is 9.37 Å². The van der Waals surface area contributed by atoms with E-state index in [1.165, 1.54) is 27.7 Å². The molecule has 2 aliphatic heterocycles. The highest BCUT2D eigenvalue weighted by atomic mass is 19.1. The maximum atomic E-state index is 13.8. The number of aryl methyl sites for hydroxylation is 1. The SMILES string of the molecule is CN1C(=O)CCCC(=O)Nc2cc(F)ccc2CCC(=O)c2nc3n(c(=O)c2O)CCCCC31. The molecule has 2 aromatic rings. The third-order valence-corrected chi connectivity index (χ3v) is 6.47. The van der Waals surface area contributed by atoms with Gasteiger partial charge in [-0.15, -0.1) is 0 Å². The number of hydrogen-bond donors (Lipinski definition) is 2. The second-order valence-corrected chi connectivity index (χ2v) is 8.77. The van der Waals surface area contributed by atoms with E-state index in [0.29, 0.717) is 31.4 Å². The summed E-state index contributed by atoms with van der Waals surface area (Å²) in [5, 5.41) is 13.2. The Hall–Kier alpha value is -3.56. The quantitative estimate of drug-likeness (QED) is 0.611. The van der Waals surface area contributed by atoms with E-state index < -0.39 is 29.0 Å². The molecule has 2 aliphatic rings. The summed E-state index contributed by atoms with van der Waals surface area (Å²) in [5.74, 6) is -2.10. The van der Waals surface area contributed by atoms with Crippen molar-refractivity contribution >= 4 is 23.3 Å². The fourth-order valence-electron chi connectivity index (χ4n) is 4.54. The van der Waals surface area contributed by atoms with Gasteiger partial charge in [0.1, 0.15) is 11.6 Å². The van der Waals surface area contributed by atoms with Crippen LogP contribution in [0, 0.1) is 5.82 Å². The lowest BCUT2D eigenvalue weighted by Crippen LogP contribution is -2.36. The first-order valence-corrected chi connectivity index (χ1v) is 11.5. The highest BCUT2D eigenvalue weighted by molar-refractivity contribution is 5.97. The van der Waals surface area contributed by atoms with Crippen LogP contribution in [0.15, 0.2) is 23.0 Å². The van der Waals surface area contributed by atoms with Crippen molar-refractivity contribution in [3.8, 4) is 5.75 Å². The normalized spacial score (nSPS) is 19.9. The number of hydrogen-bond acceptors (Lipinski definition) is 6. The minimum atomic E-state index is -0.711. The number of halogens is 1. The van der Waals surface area contributed by atoms with Gasteiger partial charge in [-0.2, -0.15) is 0 Å². The molecule has 9 nitrogen and oxygen atoms in total. The number of anilines is 1. The van der Waals surface area contributed by atoms with Gasteiger partial charge in [-0.05, 0) is 49.8 Å². The summed E-state index contributed by atoms with van der Waals surface area (Å²) in [7, 11) is 1.62. The molecule has 1 aromatic carbocycles. The van der Waals surface area contributed by atoms with Crippen LogP contribution in [0.2, 0.25) is 0 Å².